The fourth-order valence-electron chi connectivity index (χ4n) is 2.34. The van der Waals surface area contributed by atoms with Crippen LogP contribution in [0.5, 0.6) is 0 Å². The fourth-order valence-corrected chi connectivity index (χ4v) is 3.41. The Labute approximate surface area is 101 Å². The molecule has 4 heteroatoms. The maximum atomic E-state index is 5.16. The molecule has 16 heavy (non-hydrogen) atoms. The van der Waals surface area contributed by atoms with Gasteiger partial charge >= 0.3 is 0 Å². The minimum Gasteiger partial charge on any atom is -0.383 e. The minimum absolute atomic E-state index is 0.406. The molecule has 1 aliphatic rings. The summed E-state index contributed by atoms with van der Waals surface area (Å²) in [4.78, 5) is 6.05. The van der Waals surface area contributed by atoms with Gasteiger partial charge in [-0.1, -0.05) is 0 Å². The number of thiazole rings is 1. The first-order valence-electron chi connectivity index (χ1n) is 5.92. The molecule has 1 aliphatic carbocycles. The lowest BCUT2D eigenvalue weighted by molar-refractivity contribution is 0.165. The number of nitrogens with zero attached hydrogens (tertiary/aromatic N) is 1. The van der Waals surface area contributed by atoms with Crippen molar-refractivity contribution in [2.45, 2.75) is 45.2 Å². The highest BCUT2D eigenvalue weighted by Crippen LogP contribution is 2.34. The van der Waals surface area contributed by atoms with Crippen LogP contribution in [0.1, 0.15) is 41.4 Å². The Balaban J connectivity index is 2.06. The summed E-state index contributed by atoms with van der Waals surface area (Å²) in [5.74, 6) is 0. The van der Waals surface area contributed by atoms with Gasteiger partial charge in [-0.3, -0.25) is 0 Å². The first kappa shape index (κ1) is 12.0. The molecule has 2 atom stereocenters. The Kier molecular flexibility index (Phi) is 3.95. The van der Waals surface area contributed by atoms with Crippen molar-refractivity contribution >= 4 is 11.3 Å². The lowest BCUT2D eigenvalue weighted by Crippen LogP contribution is -2.35. The zero-order valence-corrected chi connectivity index (χ0v) is 11.1. The Hall–Kier alpha value is -0.450. The van der Waals surface area contributed by atoms with Crippen LogP contribution in [0.15, 0.2) is 0 Å². The van der Waals surface area contributed by atoms with Crippen molar-refractivity contribution in [3.63, 3.8) is 0 Å². The molecular formula is C12H20N2OS. The highest BCUT2D eigenvalue weighted by Gasteiger charge is 2.24. The van der Waals surface area contributed by atoms with Gasteiger partial charge in [0.15, 0.2) is 0 Å². The van der Waals surface area contributed by atoms with E-state index in [0.29, 0.717) is 12.1 Å². The molecule has 2 rings (SSSR count). The topological polar surface area (TPSA) is 34.1 Å². The normalized spacial score (nSPS) is 21.8. The van der Waals surface area contributed by atoms with Crippen LogP contribution in [-0.4, -0.2) is 24.7 Å². The zero-order valence-electron chi connectivity index (χ0n) is 10.2. The largest absolute Gasteiger partial charge is 0.383 e. The monoisotopic (exact) mass is 240 g/mol. The molecule has 1 heterocycles. The van der Waals surface area contributed by atoms with Gasteiger partial charge in [0.05, 0.1) is 17.3 Å². The summed E-state index contributed by atoms with van der Waals surface area (Å²) in [5, 5.41) is 4.83. The highest BCUT2D eigenvalue weighted by atomic mass is 32.1. The molecule has 0 radical (unpaired) electrons. The number of hydrogen-bond donors (Lipinski definition) is 1. The van der Waals surface area contributed by atoms with Crippen molar-refractivity contribution in [1.29, 1.82) is 0 Å². The second-order valence-electron chi connectivity index (χ2n) is 4.51. The molecule has 2 unspecified atom stereocenters. The number of ether oxygens (including phenoxy) is 1. The van der Waals surface area contributed by atoms with E-state index in [9.17, 15) is 0 Å². The van der Waals surface area contributed by atoms with Crippen molar-refractivity contribution < 1.29 is 4.74 Å². The van der Waals surface area contributed by atoms with Gasteiger partial charge in [0, 0.05) is 24.1 Å². The van der Waals surface area contributed by atoms with Gasteiger partial charge in [-0.05, 0) is 33.1 Å². The third-order valence-electron chi connectivity index (χ3n) is 2.96. The predicted molar refractivity (Wildman–Crippen MR) is 67.0 cm³/mol. The first-order chi connectivity index (χ1) is 7.70. The molecule has 0 saturated heterocycles. The number of methoxy groups -OCH3 is 1. The summed E-state index contributed by atoms with van der Waals surface area (Å²) >= 11 is 1.84. The second kappa shape index (κ2) is 5.25. The SMILES string of the molecule is COCC(C)NC1CCCc2nc(C)sc21. The van der Waals surface area contributed by atoms with Crippen molar-refractivity contribution in [3.05, 3.63) is 15.6 Å². The van der Waals surface area contributed by atoms with E-state index in [2.05, 4.69) is 24.1 Å². The first-order valence-corrected chi connectivity index (χ1v) is 6.73. The molecule has 0 bridgehead atoms. The average Bonchev–Trinajstić information content (AvgIpc) is 2.60. The van der Waals surface area contributed by atoms with Crippen LogP contribution in [0.4, 0.5) is 0 Å². The quantitative estimate of drug-likeness (QED) is 0.878. The van der Waals surface area contributed by atoms with Crippen LogP contribution in [0, 0.1) is 6.92 Å². The van der Waals surface area contributed by atoms with Crippen LogP contribution < -0.4 is 5.32 Å². The predicted octanol–water partition coefficient (Wildman–Crippen LogP) is 2.45. The highest BCUT2D eigenvalue weighted by molar-refractivity contribution is 7.11. The molecular weight excluding hydrogens is 220 g/mol. The van der Waals surface area contributed by atoms with E-state index in [1.54, 1.807) is 7.11 Å². The van der Waals surface area contributed by atoms with Crippen LogP contribution in [0.25, 0.3) is 0 Å². The van der Waals surface area contributed by atoms with Gasteiger partial charge < -0.3 is 10.1 Å². The molecule has 0 saturated carbocycles. The Morgan fingerprint density at radius 2 is 2.44 bits per heavy atom. The van der Waals surface area contributed by atoms with E-state index in [1.165, 1.54) is 28.4 Å². The van der Waals surface area contributed by atoms with E-state index < -0.39 is 0 Å². The molecule has 1 aromatic heterocycles. The summed E-state index contributed by atoms with van der Waals surface area (Å²) < 4.78 is 5.16. The molecule has 90 valence electrons. The maximum absolute atomic E-state index is 5.16. The van der Waals surface area contributed by atoms with E-state index in [1.807, 2.05) is 11.3 Å². The van der Waals surface area contributed by atoms with Crippen molar-refractivity contribution in [1.82, 2.24) is 10.3 Å². The lowest BCUT2D eigenvalue weighted by atomic mass is 9.97. The van der Waals surface area contributed by atoms with E-state index in [-0.39, 0.29) is 0 Å². The lowest BCUT2D eigenvalue weighted by Gasteiger charge is -2.25. The molecule has 0 aromatic carbocycles. The van der Waals surface area contributed by atoms with E-state index in [0.717, 1.165) is 13.0 Å². The Morgan fingerprint density at radius 1 is 1.62 bits per heavy atom. The molecule has 1 N–H and O–H groups in total. The number of rotatable bonds is 4. The summed E-state index contributed by atoms with van der Waals surface area (Å²) in [5.41, 5.74) is 1.32. The Bertz CT molecular complexity index is 351. The number of hydrogen-bond acceptors (Lipinski definition) is 4. The minimum atomic E-state index is 0.406. The number of aromatic nitrogens is 1. The summed E-state index contributed by atoms with van der Waals surface area (Å²) in [6, 6.07) is 0.892. The van der Waals surface area contributed by atoms with Gasteiger partial charge in [-0.2, -0.15) is 0 Å². The standard InChI is InChI=1S/C12H20N2OS/c1-8(7-15-3)13-10-5-4-6-11-12(10)16-9(2)14-11/h8,10,13H,4-7H2,1-3H3. The van der Waals surface area contributed by atoms with Gasteiger partial charge in [0.2, 0.25) is 0 Å². The molecule has 0 aliphatic heterocycles. The van der Waals surface area contributed by atoms with Gasteiger partial charge in [0.1, 0.15) is 0 Å². The molecule has 0 spiro atoms. The molecule has 1 aromatic rings. The number of aryl methyl sites for hydroxylation is 2. The summed E-state index contributed by atoms with van der Waals surface area (Å²) in [6.45, 7) is 5.04. The van der Waals surface area contributed by atoms with E-state index >= 15 is 0 Å². The van der Waals surface area contributed by atoms with Crippen molar-refractivity contribution in [2.24, 2.45) is 0 Å². The van der Waals surface area contributed by atoms with Gasteiger partial charge in [-0.15, -0.1) is 11.3 Å². The molecule has 0 fully saturated rings. The third-order valence-corrected chi connectivity index (χ3v) is 4.09. The van der Waals surface area contributed by atoms with E-state index in [4.69, 9.17) is 4.74 Å². The molecule has 3 nitrogen and oxygen atoms in total. The molecule has 0 amide bonds. The zero-order chi connectivity index (χ0) is 11.5. The van der Waals surface area contributed by atoms with Crippen molar-refractivity contribution in [2.75, 3.05) is 13.7 Å². The van der Waals surface area contributed by atoms with Crippen LogP contribution in [0.3, 0.4) is 0 Å². The third kappa shape index (κ3) is 2.62. The smallest absolute Gasteiger partial charge is 0.0900 e. The Morgan fingerprint density at radius 3 is 3.19 bits per heavy atom. The van der Waals surface area contributed by atoms with Crippen molar-refractivity contribution in [3.8, 4) is 0 Å². The average molecular weight is 240 g/mol. The van der Waals surface area contributed by atoms with Crippen LogP contribution in [0.2, 0.25) is 0 Å². The second-order valence-corrected chi connectivity index (χ2v) is 5.75. The number of fused-ring (bicyclic) bond motifs is 1. The summed E-state index contributed by atoms with van der Waals surface area (Å²) in [7, 11) is 1.75. The fraction of sp³-hybridized carbons (Fsp3) is 0.750. The number of nitrogens with one attached hydrogen (secondary N) is 1. The van der Waals surface area contributed by atoms with Gasteiger partial charge in [-0.25, -0.2) is 4.98 Å². The summed E-state index contributed by atoms with van der Waals surface area (Å²) in [6.07, 6.45) is 3.62. The van der Waals surface area contributed by atoms with Gasteiger partial charge in [0.25, 0.3) is 0 Å². The maximum Gasteiger partial charge on any atom is 0.0900 e. The van der Waals surface area contributed by atoms with Crippen LogP contribution >= 0.6 is 11.3 Å². The van der Waals surface area contributed by atoms with Crippen LogP contribution in [-0.2, 0) is 11.2 Å².